The Morgan fingerprint density at radius 3 is 2.63 bits per heavy atom. The zero-order valence-electron chi connectivity index (χ0n) is 11.3. The van der Waals surface area contributed by atoms with Crippen molar-refractivity contribution in [3.63, 3.8) is 0 Å². The molecule has 0 unspecified atom stereocenters. The molecule has 0 saturated carbocycles. The van der Waals surface area contributed by atoms with Crippen molar-refractivity contribution in [2.75, 3.05) is 13.1 Å². The molecule has 0 atom stereocenters. The van der Waals surface area contributed by atoms with Crippen LogP contribution in [0.25, 0.3) is 6.08 Å². The Hall–Kier alpha value is -1.29. The topological polar surface area (TPSA) is 12.0 Å². The third kappa shape index (κ3) is 6.43. The highest BCUT2D eigenvalue weighted by Crippen LogP contribution is 2.29. The quantitative estimate of drug-likeness (QED) is 0.758. The van der Waals surface area contributed by atoms with Gasteiger partial charge in [0.15, 0.2) is 0 Å². The molecular formula is C15H20F3N. The Balaban J connectivity index is 2.44. The van der Waals surface area contributed by atoms with E-state index in [9.17, 15) is 13.2 Å². The first-order valence-corrected chi connectivity index (χ1v) is 6.44. The molecule has 0 radical (unpaired) electrons. The molecule has 1 aromatic carbocycles. The molecule has 1 rings (SSSR count). The molecule has 0 bridgehead atoms. The molecule has 0 aromatic heterocycles. The van der Waals surface area contributed by atoms with E-state index in [4.69, 9.17) is 0 Å². The summed E-state index contributed by atoms with van der Waals surface area (Å²) < 4.78 is 37.5. The lowest BCUT2D eigenvalue weighted by Gasteiger charge is -2.07. The van der Waals surface area contributed by atoms with Crippen LogP contribution in [0.3, 0.4) is 0 Å². The molecule has 0 aliphatic heterocycles. The summed E-state index contributed by atoms with van der Waals surface area (Å²) in [6.45, 7) is 6.06. The summed E-state index contributed by atoms with van der Waals surface area (Å²) in [7, 11) is 0. The molecular weight excluding hydrogens is 251 g/mol. The second-order valence-corrected chi connectivity index (χ2v) is 4.91. The fourth-order valence-corrected chi connectivity index (χ4v) is 1.61. The molecule has 0 spiro atoms. The number of hydrogen-bond donors (Lipinski definition) is 1. The maximum Gasteiger partial charge on any atom is 0.416 e. The second-order valence-electron chi connectivity index (χ2n) is 4.91. The standard InChI is InChI=1S/C15H20F3N/c1-12(2)11-19-9-4-3-6-13-7-5-8-14(10-13)15(16,17)18/h3,5-8,10,12,19H,4,9,11H2,1-2H3. The van der Waals surface area contributed by atoms with Gasteiger partial charge in [0.05, 0.1) is 5.56 Å². The number of rotatable bonds is 6. The monoisotopic (exact) mass is 271 g/mol. The first-order chi connectivity index (χ1) is 8.89. The Kier molecular flexibility index (Phi) is 6.09. The summed E-state index contributed by atoms with van der Waals surface area (Å²) in [5.74, 6) is 0.604. The van der Waals surface area contributed by atoms with Gasteiger partial charge in [-0.25, -0.2) is 0 Å². The summed E-state index contributed by atoms with van der Waals surface area (Å²) >= 11 is 0. The number of alkyl halides is 3. The van der Waals surface area contributed by atoms with Crippen molar-refractivity contribution in [1.82, 2.24) is 5.32 Å². The zero-order chi connectivity index (χ0) is 14.3. The van der Waals surface area contributed by atoms with Crippen molar-refractivity contribution in [3.8, 4) is 0 Å². The third-order valence-corrected chi connectivity index (χ3v) is 2.56. The third-order valence-electron chi connectivity index (χ3n) is 2.56. The Morgan fingerprint density at radius 1 is 1.26 bits per heavy atom. The van der Waals surface area contributed by atoms with Crippen molar-refractivity contribution in [1.29, 1.82) is 0 Å². The molecule has 1 aromatic rings. The van der Waals surface area contributed by atoms with Crippen LogP contribution >= 0.6 is 0 Å². The lowest BCUT2D eigenvalue weighted by atomic mass is 10.1. The van der Waals surface area contributed by atoms with Crippen molar-refractivity contribution in [3.05, 3.63) is 41.5 Å². The van der Waals surface area contributed by atoms with E-state index >= 15 is 0 Å². The smallest absolute Gasteiger partial charge is 0.316 e. The van der Waals surface area contributed by atoms with E-state index in [1.54, 1.807) is 12.1 Å². The lowest BCUT2D eigenvalue weighted by molar-refractivity contribution is -0.137. The highest BCUT2D eigenvalue weighted by atomic mass is 19.4. The first-order valence-electron chi connectivity index (χ1n) is 6.44. The van der Waals surface area contributed by atoms with E-state index < -0.39 is 11.7 Å². The van der Waals surface area contributed by atoms with Crippen molar-refractivity contribution in [2.24, 2.45) is 5.92 Å². The average molecular weight is 271 g/mol. The molecule has 0 heterocycles. The maximum atomic E-state index is 12.5. The van der Waals surface area contributed by atoms with E-state index in [-0.39, 0.29) is 0 Å². The Morgan fingerprint density at radius 2 is 2.00 bits per heavy atom. The largest absolute Gasteiger partial charge is 0.416 e. The molecule has 4 heteroatoms. The lowest BCUT2D eigenvalue weighted by Crippen LogP contribution is -2.20. The summed E-state index contributed by atoms with van der Waals surface area (Å²) in [4.78, 5) is 0. The highest BCUT2D eigenvalue weighted by molar-refractivity contribution is 5.50. The molecule has 106 valence electrons. The van der Waals surface area contributed by atoms with Crippen LogP contribution in [0.15, 0.2) is 30.3 Å². The van der Waals surface area contributed by atoms with Gasteiger partial charge >= 0.3 is 6.18 Å². The normalized spacial score (nSPS) is 12.5. The van der Waals surface area contributed by atoms with Crippen LogP contribution in [0.5, 0.6) is 0 Å². The number of nitrogens with one attached hydrogen (secondary N) is 1. The van der Waals surface area contributed by atoms with Crippen LogP contribution in [-0.2, 0) is 6.18 Å². The van der Waals surface area contributed by atoms with Crippen molar-refractivity contribution in [2.45, 2.75) is 26.4 Å². The van der Waals surface area contributed by atoms with Crippen LogP contribution in [0.1, 0.15) is 31.4 Å². The van der Waals surface area contributed by atoms with Crippen LogP contribution in [0.4, 0.5) is 13.2 Å². The van der Waals surface area contributed by atoms with E-state index in [1.807, 2.05) is 6.08 Å². The van der Waals surface area contributed by atoms with Crippen LogP contribution < -0.4 is 5.32 Å². The number of halogens is 3. The minimum Gasteiger partial charge on any atom is -0.316 e. The van der Waals surface area contributed by atoms with Crippen LogP contribution in [0, 0.1) is 5.92 Å². The van der Waals surface area contributed by atoms with Crippen molar-refractivity contribution >= 4 is 6.08 Å². The first kappa shape index (κ1) is 15.8. The van der Waals surface area contributed by atoms with E-state index in [0.29, 0.717) is 11.5 Å². The van der Waals surface area contributed by atoms with Gasteiger partial charge in [0.2, 0.25) is 0 Å². The molecule has 0 aliphatic rings. The van der Waals surface area contributed by atoms with Gasteiger partial charge in [-0.3, -0.25) is 0 Å². The Labute approximate surface area is 112 Å². The van der Waals surface area contributed by atoms with Gasteiger partial charge < -0.3 is 5.32 Å². The van der Waals surface area contributed by atoms with E-state index in [1.165, 1.54) is 6.07 Å². The Bertz CT molecular complexity index is 408. The van der Waals surface area contributed by atoms with Crippen molar-refractivity contribution < 1.29 is 13.2 Å². The summed E-state index contributed by atoms with van der Waals surface area (Å²) in [5, 5.41) is 3.28. The van der Waals surface area contributed by atoms with Gasteiger partial charge in [0.25, 0.3) is 0 Å². The molecule has 1 nitrogen and oxygen atoms in total. The number of benzene rings is 1. The molecule has 19 heavy (non-hydrogen) atoms. The van der Waals surface area contributed by atoms with E-state index in [0.717, 1.165) is 31.6 Å². The van der Waals surface area contributed by atoms with Gasteiger partial charge in [0, 0.05) is 0 Å². The predicted molar refractivity (Wildman–Crippen MR) is 72.8 cm³/mol. The minimum absolute atomic E-state index is 0.582. The maximum absolute atomic E-state index is 12.5. The van der Waals surface area contributed by atoms with Gasteiger partial charge in [0.1, 0.15) is 0 Å². The zero-order valence-corrected chi connectivity index (χ0v) is 11.3. The summed E-state index contributed by atoms with van der Waals surface area (Å²) in [6.07, 6.45) is 0.154. The SMILES string of the molecule is CC(C)CNCCC=Cc1cccc(C(F)(F)F)c1. The van der Waals surface area contributed by atoms with Crippen LogP contribution in [-0.4, -0.2) is 13.1 Å². The summed E-state index contributed by atoms with van der Waals surface area (Å²) in [5.41, 5.74) is -0.0220. The molecule has 1 N–H and O–H groups in total. The average Bonchev–Trinajstić information content (AvgIpc) is 2.32. The second kappa shape index (κ2) is 7.34. The van der Waals surface area contributed by atoms with Gasteiger partial charge in [-0.2, -0.15) is 13.2 Å². The summed E-state index contributed by atoms with van der Waals surface area (Å²) in [6, 6.07) is 5.35. The fraction of sp³-hybridized carbons (Fsp3) is 0.467. The molecule has 0 amide bonds. The van der Waals surface area contributed by atoms with Crippen LogP contribution in [0.2, 0.25) is 0 Å². The van der Waals surface area contributed by atoms with Gasteiger partial charge in [-0.15, -0.1) is 0 Å². The van der Waals surface area contributed by atoms with Gasteiger partial charge in [-0.05, 0) is 43.1 Å². The molecule has 0 fully saturated rings. The molecule has 0 saturated heterocycles. The minimum atomic E-state index is -4.28. The highest BCUT2D eigenvalue weighted by Gasteiger charge is 2.30. The molecule has 0 aliphatic carbocycles. The van der Waals surface area contributed by atoms with E-state index in [2.05, 4.69) is 19.2 Å². The predicted octanol–water partition coefficient (Wildman–Crippen LogP) is 4.35. The van der Waals surface area contributed by atoms with Gasteiger partial charge in [-0.1, -0.05) is 38.1 Å². The number of hydrogen-bond acceptors (Lipinski definition) is 1. The fourth-order valence-electron chi connectivity index (χ4n) is 1.61.